The number of amides is 1. The maximum Gasteiger partial charge on any atom is 0.310 e. The smallest absolute Gasteiger partial charge is 0.310 e. The van der Waals surface area contributed by atoms with Crippen LogP contribution in [0, 0.1) is 17.0 Å². The first kappa shape index (κ1) is 20.7. The highest BCUT2D eigenvalue weighted by atomic mass is 32.1. The van der Waals surface area contributed by atoms with E-state index >= 15 is 0 Å². The molecule has 0 fully saturated rings. The Morgan fingerprint density at radius 3 is 2.84 bits per heavy atom. The van der Waals surface area contributed by atoms with Crippen LogP contribution in [-0.2, 0) is 13.7 Å². The number of nitrogens with one attached hydrogen (secondary N) is 1. The Balaban J connectivity index is 1.40. The number of carbonyl (C=O) groups is 1. The molecule has 0 bridgehead atoms. The Hall–Kier alpha value is -3.57. The van der Waals surface area contributed by atoms with E-state index in [1.54, 1.807) is 40.5 Å². The van der Waals surface area contributed by atoms with Crippen LogP contribution in [0.5, 0.6) is 5.75 Å². The van der Waals surface area contributed by atoms with Crippen molar-refractivity contribution in [2.24, 2.45) is 7.05 Å². The number of thiophene rings is 1. The summed E-state index contributed by atoms with van der Waals surface area (Å²) in [4.78, 5) is 28.1. The van der Waals surface area contributed by atoms with Gasteiger partial charge in [-0.05, 0) is 24.4 Å². The largest absolute Gasteiger partial charge is 0.482 e. The minimum absolute atomic E-state index is 0.0980. The summed E-state index contributed by atoms with van der Waals surface area (Å²) in [5.41, 5.74) is 3.32. The Morgan fingerprint density at radius 2 is 2.10 bits per heavy atom. The summed E-state index contributed by atoms with van der Waals surface area (Å²) in [7, 11) is 1.86. The zero-order valence-electron chi connectivity index (χ0n) is 16.6. The highest BCUT2D eigenvalue weighted by Gasteiger charge is 2.16. The van der Waals surface area contributed by atoms with Gasteiger partial charge >= 0.3 is 5.69 Å². The third-order valence-electron chi connectivity index (χ3n) is 4.57. The first-order chi connectivity index (χ1) is 14.9. The number of aromatic nitrogens is 3. The van der Waals surface area contributed by atoms with Crippen LogP contribution in [0.1, 0.15) is 20.9 Å². The van der Waals surface area contributed by atoms with Crippen molar-refractivity contribution >= 4 is 39.4 Å². The second-order valence-electron chi connectivity index (χ2n) is 6.59. The van der Waals surface area contributed by atoms with Gasteiger partial charge in [-0.1, -0.05) is 12.1 Å². The Kier molecular flexibility index (Phi) is 5.78. The molecule has 3 aromatic heterocycles. The lowest BCUT2D eigenvalue weighted by molar-refractivity contribution is -0.385. The second kappa shape index (κ2) is 8.66. The number of thiazole rings is 1. The number of ether oxygens (including phenoxy) is 1. The van der Waals surface area contributed by atoms with Crippen molar-refractivity contribution in [2.75, 3.05) is 5.32 Å². The number of anilines is 1. The number of rotatable bonds is 7. The molecule has 0 radical (unpaired) electrons. The Bertz CT molecular complexity index is 1260. The van der Waals surface area contributed by atoms with Crippen LogP contribution in [0.2, 0.25) is 0 Å². The number of hydrogen-bond donors (Lipinski definition) is 1. The molecule has 0 saturated carbocycles. The quantitative estimate of drug-likeness (QED) is 0.321. The van der Waals surface area contributed by atoms with Crippen LogP contribution in [0.25, 0.3) is 11.3 Å². The fourth-order valence-electron chi connectivity index (χ4n) is 2.83. The Morgan fingerprint density at radius 1 is 1.29 bits per heavy atom. The average molecular weight is 456 g/mol. The summed E-state index contributed by atoms with van der Waals surface area (Å²) in [6.07, 6.45) is 1.75. The normalized spacial score (nSPS) is 10.8. The van der Waals surface area contributed by atoms with Crippen molar-refractivity contribution < 1.29 is 14.5 Å². The first-order valence-electron chi connectivity index (χ1n) is 9.12. The molecule has 0 aliphatic rings. The molecule has 3 heterocycles. The van der Waals surface area contributed by atoms with Crippen LogP contribution >= 0.6 is 22.7 Å². The molecule has 0 unspecified atom stereocenters. The van der Waals surface area contributed by atoms with Gasteiger partial charge in [0.05, 0.1) is 21.7 Å². The van der Waals surface area contributed by atoms with Gasteiger partial charge < -0.3 is 4.74 Å². The van der Waals surface area contributed by atoms with E-state index in [-0.39, 0.29) is 24.0 Å². The van der Waals surface area contributed by atoms with Crippen molar-refractivity contribution in [2.45, 2.75) is 13.5 Å². The van der Waals surface area contributed by atoms with Gasteiger partial charge in [-0.25, -0.2) is 4.98 Å². The lowest BCUT2D eigenvalue weighted by Crippen LogP contribution is -2.10. The molecule has 0 spiro atoms. The zero-order chi connectivity index (χ0) is 22.0. The van der Waals surface area contributed by atoms with Crippen molar-refractivity contribution in [1.82, 2.24) is 14.8 Å². The molecule has 0 atom stereocenters. The minimum atomic E-state index is -0.489. The van der Waals surface area contributed by atoms with Gasteiger partial charge in [0.1, 0.15) is 6.61 Å². The molecular weight excluding hydrogens is 438 g/mol. The van der Waals surface area contributed by atoms with Gasteiger partial charge in [0.25, 0.3) is 5.91 Å². The fraction of sp³-hybridized carbons (Fsp3) is 0.150. The van der Waals surface area contributed by atoms with Crippen LogP contribution in [0.3, 0.4) is 0 Å². The fourth-order valence-corrected chi connectivity index (χ4v) is 4.32. The van der Waals surface area contributed by atoms with Crippen molar-refractivity contribution in [3.8, 4) is 17.0 Å². The van der Waals surface area contributed by atoms with Gasteiger partial charge in [-0.3, -0.25) is 24.9 Å². The standard InChI is InChI=1S/C20H17N5O4S2/c1-12-14(8-21-24(12)2)15-11-31-20(22-15)23-19(26)18-7-13(10-30-18)9-29-17-6-4-3-5-16(17)25(27)28/h3-8,10-11H,9H2,1-2H3,(H,22,23,26). The molecule has 0 aliphatic heterocycles. The second-order valence-corrected chi connectivity index (χ2v) is 8.36. The number of nitro groups is 1. The van der Waals surface area contributed by atoms with Crippen molar-refractivity contribution in [1.29, 1.82) is 0 Å². The van der Waals surface area contributed by atoms with E-state index in [2.05, 4.69) is 15.4 Å². The molecule has 31 heavy (non-hydrogen) atoms. The summed E-state index contributed by atoms with van der Waals surface area (Å²) in [5, 5.41) is 22.3. The topological polar surface area (TPSA) is 112 Å². The molecule has 4 rings (SSSR count). The number of carbonyl (C=O) groups excluding carboxylic acids is 1. The molecule has 1 N–H and O–H groups in total. The third kappa shape index (κ3) is 4.47. The summed E-state index contributed by atoms with van der Waals surface area (Å²) in [6, 6.07) is 7.88. The third-order valence-corrected chi connectivity index (χ3v) is 6.31. The van der Waals surface area contributed by atoms with Crippen LogP contribution in [0.4, 0.5) is 10.8 Å². The molecule has 9 nitrogen and oxygen atoms in total. The number of nitrogens with zero attached hydrogens (tertiary/aromatic N) is 4. The highest BCUT2D eigenvalue weighted by Crippen LogP contribution is 2.29. The number of benzene rings is 1. The van der Waals surface area contributed by atoms with Crippen LogP contribution in [-0.4, -0.2) is 25.6 Å². The summed E-state index contributed by atoms with van der Waals surface area (Å²) < 4.78 is 7.35. The maximum atomic E-state index is 12.6. The average Bonchev–Trinajstić information content (AvgIpc) is 3.48. The predicted molar refractivity (Wildman–Crippen MR) is 119 cm³/mol. The summed E-state index contributed by atoms with van der Waals surface area (Å²) in [5.74, 6) is -0.0866. The molecule has 158 valence electrons. The van der Waals surface area contributed by atoms with Gasteiger partial charge in [-0.15, -0.1) is 22.7 Å². The van der Waals surface area contributed by atoms with Crippen molar-refractivity contribution in [3.63, 3.8) is 0 Å². The van der Waals surface area contributed by atoms with E-state index < -0.39 is 4.92 Å². The SMILES string of the molecule is Cc1c(-c2csc(NC(=O)c3cc(COc4ccccc4[N+](=O)[O-])cs3)n2)cnn1C. The number of para-hydroxylation sites is 2. The monoisotopic (exact) mass is 455 g/mol. The number of hydrogen-bond acceptors (Lipinski definition) is 8. The minimum Gasteiger partial charge on any atom is -0.482 e. The predicted octanol–water partition coefficient (Wildman–Crippen LogP) is 4.65. The van der Waals surface area contributed by atoms with Gasteiger partial charge in [-0.2, -0.15) is 5.10 Å². The first-order valence-corrected chi connectivity index (χ1v) is 10.9. The molecule has 11 heteroatoms. The van der Waals surface area contributed by atoms with E-state index in [9.17, 15) is 14.9 Å². The lowest BCUT2D eigenvalue weighted by atomic mass is 10.2. The summed E-state index contributed by atoms with van der Waals surface area (Å²) in [6.45, 7) is 2.08. The molecular formula is C20H17N5O4S2. The highest BCUT2D eigenvalue weighted by molar-refractivity contribution is 7.14. The van der Waals surface area contributed by atoms with E-state index in [1.165, 1.54) is 28.7 Å². The molecule has 1 aromatic carbocycles. The maximum absolute atomic E-state index is 12.6. The van der Waals surface area contributed by atoms with E-state index in [0.29, 0.717) is 10.0 Å². The number of nitro benzene ring substituents is 1. The molecule has 0 saturated heterocycles. The summed E-state index contributed by atoms with van der Waals surface area (Å²) >= 11 is 2.61. The van der Waals surface area contributed by atoms with Crippen LogP contribution in [0.15, 0.2) is 47.3 Å². The lowest BCUT2D eigenvalue weighted by Gasteiger charge is -2.04. The van der Waals surface area contributed by atoms with Crippen LogP contribution < -0.4 is 10.1 Å². The van der Waals surface area contributed by atoms with E-state index in [0.717, 1.165) is 22.5 Å². The van der Waals surface area contributed by atoms with E-state index in [4.69, 9.17) is 4.74 Å². The molecule has 0 aliphatic carbocycles. The van der Waals surface area contributed by atoms with Gasteiger partial charge in [0.2, 0.25) is 0 Å². The van der Waals surface area contributed by atoms with Gasteiger partial charge in [0, 0.05) is 35.3 Å². The van der Waals surface area contributed by atoms with E-state index in [1.807, 2.05) is 19.4 Å². The molecule has 4 aromatic rings. The Labute approximate surface area is 185 Å². The zero-order valence-corrected chi connectivity index (χ0v) is 18.2. The number of aryl methyl sites for hydroxylation is 1. The van der Waals surface area contributed by atoms with Gasteiger partial charge in [0.15, 0.2) is 10.9 Å². The van der Waals surface area contributed by atoms with Crippen molar-refractivity contribution in [3.05, 3.63) is 73.5 Å². The molecule has 1 amide bonds.